The highest BCUT2D eigenvalue weighted by Crippen LogP contribution is 2.29. The van der Waals surface area contributed by atoms with E-state index < -0.39 is 5.97 Å². The predicted octanol–water partition coefficient (Wildman–Crippen LogP) is 1.89. The number of aryl methyl sites for hydroxylation is 1. The van der Waals surface area contributed by atoms with Crippen LogP contribution in [0.3, 0.4) is 0 Å². The fourth-order valence-corrected chi connectivity index (χ4v) is 2.53. The largest absolute Gasteiger partial charge is 0.481 e. The van der Waals surface area contributed by atoms with Crippen LogP contribution in [0.2, 0.25) is 0 Å². The first kappa shape index (κ1) is 11.5. The third-order valence-electron chi connectivity index (χ3n) is 2.87. The second kappa shape index (κ2) is 4.93. The number of nitrogens with zero attached hydrogens (tertiary/aromatic N) is 2. The highest BCUT2D eigenvalue weighted by molar-refractivity contribution is 7.09. The zero-order chi connectivity index (χ0) is 11.5. The van der Waals surface area contributed by atoms with Gasteiger partial charge in [-0.25, -0.2) is 4.98 Å². The maximum absolute atomic E-state index is 10.6. The lowest BCUT2D eigenvalue weighted by Gasteiger charge is -2.20. The molecule has 1 heterocycles. The maximum atomic E-state index is 10.6. The molecule has 1 fully saturated rings. The van der Waals surface area contributed by atoms with Crippen LogP contribution in [0.5, 0.6) is 0 Å². The molecule has 0 aromatic carbocycles. The second-order valence-electron chi connectivity index (χ2n) is 4.21. The first-order chi connectivity index (χ1) is 7.66. The third-order valence-corrected chi connectivity index (χ3v) is 3.79. The van der Waals surface area contributed by atoms with Gasteiger partial charge < -0.3 is 5.11 Å². The Bertz CT molecular complexity index is 374. The Morgan fingerprint density at radius 2 is 2.44 bits per heavy atom. The third kappa shape index (κ3) is 3.02. The van der Waals surface area contributed by atoms with Crippen molar-refractivity contribution < 1.29 is 9.90 Å². The van der Waals surface area contributed by atoms with Crippen molar-refractivity contribution in [3.63, 3.8) is 0 Å². The van der Waals surface area contributed by atoms with Crippen LogP contribution in [-0.4, -0.2) is 33.5 Å². The van der Waals surface area contributed by atoms with Crippen molar-refractivity contribution in [2.75, 3.05) is 6.54 Å². The van der Waals surface area contributed by atoms with Gasteiger partial charge in [-0.3, -0.25) is 9.69 Å². The van der Waals surface area contributed by atoms with E-state index in [1.165, 1.54) is 17.7 Å². The summed E-state index contributed by atoms with van der Waals surface area (Å²) >= 11 is 1.66. The van der Waals surface area contributed by atoms with Crippen molar-refractivity contribution in [3.05, 3.63) is 16.1 Å². The van der Waals surface area contributed by atoms with Crippen LogP contribution < -0.4 is 0 Å². The zero-order valence-corrected chi connectivity index (χ0v) is 10.2. The van der Waals surface area contributed by atoms with E-state index in [9.17, 15) is 4.79 Å². The summed E-state index contributed by atoms with van der Waals surface area (Å²) < 4.78 is 0. The van der Waals surface area contributed by atoms with E-state index in [1.807, 2.05) is 12.4 Å². The van der Waals surface area contributed by atoms with E-state index in [0.29, 0.717) is 12.6 Å². The van der Waals surface area contributed by atoms with Gasteiger partial charge in [-0.1, -0.05) is 0 Å². The van der Waals surface area contributed by atoms with E-state index >= 15 is 0 Å². The van der Waals surface area contributed by atoms with Crippen molar-refractivity contribution in [2.24, 2.45) is 0 Å². The molecule has 1 N–H and O–H groups in total. The van der Waals surface area contributed by atoms with Crippen LogP contribution in [0.25, 0.3) is 0 Å². The molecule has 16 heavy (non-hydrogen) atoms. The molecule has 2 rings (SSSR count). The van der Waals surface area contributed by atoms with E-state index in [0.717, 1.165) is 12.2 Å². The van der Waals surface area contributed by atoms with Gasteiger partial charge in [-0.05, 0) is 19.8 Å². The fraction of sp³-hybridized carbons (Fsp3) is 0.636. The van der Waals surface area contributed by atoms with Crippen LogP contribution in [-0.2, 0) is 11.3 Å². The molecule has 0 radical (unpaired) electrons. The quantitative estimate of drug-likeness (QED) is 0.825. The average molecular weight is 240 g/mol. The Morgan fingerprint density at radius 3 is 2.94 bits per heavy atom. The van der Waals surface area contributed by atoms with Crippen LogP contribution in [0.4, 0.5) is 0 Å². The molecule has 1 aromatic rings. The summed E-state index contributed by atoms with van der Waals surface area (Å²) in [4.78, 5) is 18.3. The lowest BCUT2D eigenvalue weighted by molar-refractivity contribution is -0.137. The van der Waals surface area contributed by atoms with Crippen molar-refractivity contribution in [1.82, 2.24) is 9.88 Å². The number of hydrogen-bond acceptors (Lipinski definition) is 4. The second-order valence-corrected chi connectivity index (χ2v) is 5.15. The molecule has 0 amide bonds. The number of carbonyl (C=O) groups is 1. The number of hydrogen-bond donors (Lipinski definition) is 1. The zero-order valence-electron chi connectivity index (χ0n) is 9.35. The summed E-state index contributed by atoms with van der Waals surface area (Å²) in [6.07, 6.45) is 2.64. The fourth-order valence-electron chi connectivity index (χ4n) is 1.73. The predicted molar refractivity (Wildman–Crippen MR) is 62.5 cm³/mol. The molecular formula is C11H16N2O2S. The Morgan fingerprint density at radius 1 is 1.69 bits per heavy atom. The molecule has 0 bridgehead atoms. The molecule has 0 unspecified atom stereocenters. The number of aromatic nitrogens is 1. The molecule has 0 saturated heterocycles. The van der Waals surface area contributed by atoms with Gasteiger partial charge in [0.2, 0.25) is 0 Å². The van der Waals surface area contributed by atoms with Crippen molar-refractivity contribution in [2.45, 2.75) is 38.8 Å². The van der Waals surface area contributed by atoms with Gasteiger partial charge in [0.25, 0.3) is 0 Å². The molecule has 0 spiro atoms. The summed E-state index contributed by atoms with van der Waals surface area (Å²) in [5.74, 6) is -0.716. The first-order valence-corrected chi connectivity index (χ1v) is 6.39. The van der Waals surface area contributed by atoms with Gasteiger partial charge in [0, 0.05) is 24.0 Å². The number of carboxylic acids is 1. The normalized spacial score (nSPS) is 15.6. The minimum Gasteiger partial charge on any atom is -0.481 e. The van der Waals surface area contributed by atoms with Crippen molar-refractivity contribution in [3.8, 4) is 0 Å². The standard InChI is InChI=1S/C11H16N2O2S/c1-8-10(16-7-12-8)6-13(9-2-3-9)5-4-11(14)15/h7,9H,2-6H2,1H3,(H,14,15). The molecule has 1 saturated carbocycles. The van der Waals surface area contributed by atoms with E-state index in [2.05, 4.69) is 9.88 Å². The number of rotatable bonds is 6. The SMILES string of the molecule is Cc1ncsc1CN(CCC(=O)O)C1CC1. The molecule has 0 aliphatic heterocycles. The Hall–Kier alpha value is -0.940. The van der Waals surface area contributed by atoms with Crippen LogP contribution in [0.15, 0.2) is 5.51 Å². The van der Waals surface area contributed by atoms with E-state index in [4.69, 9.17) is 5.11 Å². The smallest absolute Gasteiger partial charge is 0.304 e. The maximum Gasteiger partial charge on any atom is 0.304 e. The van der Waals surface area contributed by atoms with Gasteiger partial charge in [0.1, 0.15) is 0 Å². The average Bonchev–Trinajstić information content (AvgIpc) is 2.99. The summed E-state index contributed by atoms with van der Waals surface area (Å²) in [6, 6.07) is 0.598. The first-order valence-electron chi connectivity index (χ1n) is 5.51. The molecule has 5 heteroatoms. The number of aliphatic carboxylic acids is 1. The highest BCUT2D eigenvalue weighted by atomic mass is 32.1. The summed E-state index contributed by atoms with van der Waals surface area (Å²) in [7, 11) is 0. The molecule has 0 atom stereocenters. The van der Waals surface area contributed by atoms with Gasteiger partial charge in [0.15, 0.2) is 0 Å². The van der Waals surface area contributed by atoms with Gasteiger partial charge in [-0.15, -0.1) is 11.3 Å². The van der Waals surface area contributed by atoms with Crippen LogP contribution >= 0.6 is 11.3 Å². The molecule has 88 valence electrons. The lowest BCUT2D eigenvalue weighted by atomic mass is 10.3. The summed E-state index contributed by atoms with van der Waals surface area (Å²) in [5.41, 5.74) is 2.93. The minimum atomic E-state index is -0.716. The number of carboxylic acid groups (broad SMARTS) is 1. The molecule has 1 aliphatic carbocycles. The van der Waals surface area contributed by atoms with Gasteiger partial charge >= 0.3 is 5.97 Å². The van der Waals surface area contributed by atoms with Crippen molar-refractivity contribution >= 4 is 17.3 Å². The molecule has 1 aromatic heterocycles. The Balaban J connectivity index is 1.92. The van der Waals surface area contributed by atoms with E-state index in [-0.39, 0.29) is 6.42 Å². The molecule has 4 nitrogen and oxygen atoms in total. The van der Waals surface area contributed by atoms with Gasteiger partial charge in [0.05, 0.1) is 17.6 Å². The van der Waals surface area contributed by atoms with Crippen molar-refractivity contribution in [1.29, 1.82) is 0 Å². The van der Waals surface area contributed by atoms with Crippen LogP contribution in [0.1, 0.15) is 29.8 Å². The Labute approximate surface area is 98.9 Å². The monoisotopic (exact) mass is 240 g/mol. The lowest BCUT2D eigenvalue weighted by Crippen LogP contribution is -2.28. The summed E-state index contributed by atoms with van der Waals surface area (Å²) in [6.45, 7) is 3.51. The van der Waals surface area contributed by atoms with E-state index in [1.54, 1.807) is 11.3 Å². The number of thiazole rings is 1. The Kier molecular flexibility index (Phi) is 3.56. The molecule has 1 aliphatic rings. The topological polar surface area (TPSA) is 53.4 Å². The van der Waals surface area contributed by atoms with Crippen LogP contribution in [0, 0.1) is 6.92 Å². The highest BCUT2D eigenvalue weighted by Gasteiger charge is 2.29. The van der Waals surface area contributed by atoms with Gasteiger partial charge in [-0.2, -0.15) is 0 Å². The minimum absolute atomic E-state index is 0.231. The summed E-state index contributed by atoms with van der Waals surface area (Å²) in [5, 5.41) is 8.71. The molecular weight excluding hydrogens is 224 g/mol.